The highest BCUT2D eigenvalue weighted by Gasteiger charge is 2.28. The van der Waals surface area contributed by atoms with Crippen molar-refractivity contribution in [1.29, 1.82) is 0 Å². The predicted octanol–water partition coefficient (Wildman–Crippen LogP) is 0.525. The summed E-state index contributed by atoms with van der Waals surface area (Å²) in [6.07, 6.45) is -0.490. The van der Waals surface area contributed by atoms with Gasteiger partial charge in [-0.25, -0.2) is 8.42 Å². The van der Waals surface area contributed by atoms with Gasteiger partial charge in [0.2, 0.25) is 0 Å². The number of thiophene rings is 1. The van der Waals surface area contributed by atoms with Gasteiger partial charge >= 0.3 is 0 Å². The van der Waals surface area contributed by atoms with Gasteiger partial charge in [-0.2, -0.15) is 0 Å². The molecule has 1 aromatic heterocycles. The second-order valence-electron chi connectivity index (χ2n) is 4.20. The van der Waals surface area contributed by atoms with E-state index < -0.39 is 16.1 Å². The van der Waals surface area contributed by atoms with E-state index in [9.17, 15) is 13.2 Å². The Morgan fingerprint density at radius 1 is 1.42 bits per heavy atom. The van der Waals surface area contributed by atoms with Gasteiger partial charge in [0, 0.05) is 19.1 Å². The fraction of sp³-hybridized carbons (Fsp3) is 0.545. The number of amides is 1. The zero-order valence-electron chi connectivity index (χ0n) is 10.6. The second kappa shape index (κ2) is 5.58. The molecule has 0 atom stereocenters. The summed E-state index contributed by atoms with van der Waals surface area (Å²) < 4.78 is 32.7. The third-order valence-electron chi connectivity index (χ3n) is 2.80. The topological polar surface area (TPSA) is 81.7 Å². The minimum absolute atomic E-state index is 0.0326. The first-order valence-electron chi connectivity index (χ1n) is 5.61. The van der Waals surface area contributed by atoms with Crippen molar-refractivity contribution in [1.82, 2.24) is 5.32 Å². The molecule has 1 aliphatic rings. The second-order valence-corrected chi connectivity index (χ2v) is 7.40. The summed E-state index contributed by atoms with van der Waals surface area (Å²) in [5.74, 6) is -0.167. The molecule has 2 rings (SSSR count). The number of ether oxygens (including phenoxy) is 2. The lowest BCUT2D eigenvalue weighted by molar-refractivity contribution is -0.0974. The van der Waals surface area contributed by atoms with E-state index in [1.807, 2.05) is 0 Å². The molecule has 106 valence electrons. The first kappa shape index (κ1) is 14.4. The fourth-order valence-electron chi connectivity index (χ4n) is 1.84. The lowest BCUT2D eigenvalue weighted by atomic mass is 10.3. The first-order valence-corrected chi connectivity index (χ1v) is 8.25. The molecular weight excluding hydrogens is 290 g/mol. The van der Waals surface area contributed by atoms with Crippen LogP contribution in [0.4, 0.5) is 0 Å². The summed E-state index contributed by atoms with van der Waals surface area (Å²) in [7, 11) is -0.0176. The Bertz CT molecular complexity index is 544. The first-order chi connectivity index (χ1) is 8.95. The predicted molar refractivity (Wildman–Crippen MR) is 70.8 cm³/mol. The highest BCUT2D eigenvalue weighted by Crippen LogP contribution is 2.32. The molecule has 2 heterocycles. The van der Waals surface area contributed by atoms with Crippen LogP contribution in [0.5, 0.6) is 0 Å². The SMILES string of the molecule is COC(CNC(=O)c1cc2c(s1)CS(=O)(=O)C2)OC. The van der Waals surface area contributed by atoms with Crippen molar-refractivity contribution >= 4 is 27.1 Å². The summed E-state index contributed by atoms with van der Waals surface area (Å²) in [6, 6.07) is 1.65. The van der Waals surface area contributed by atoms with Gasteiger partial charge in [0.15, 0.2) is 16.1 Å². The highest BCUT2D eigenvalue weighted by molar-refractivity contribution is 7.90. The zero-order chi connectivity index (χ0) is 14.0. The Hall–Kier alpha value is -0.960. The molecule has 0 aromatic carbocycles. The van der Waals surface area contributed by atoms with Crippen molar-refractivity contribution in [3.63, 3.8) is 0 Å². The molecule has 19 heavy (non-hydrogen) atoms. The lowest BCUT2D eigenvalue weighted by Crippen LogP contribution is -2.33. The molecular formula is C11H15NO5S2. The van der Waals surface area contributed by atoms with Crippen molar-refractivity contribution in [3.05, 3.63) is 21.4 Å². The molecule has 0 saturated heterocycles. The summed E-state index contributed by atoms with van der Waals surface area (Å²) in [6.45, 7) is 0.243. The molecule has 1 aromatic rings. The van der Waals surface area contributed by atoms with E-state index in [0.717, 1.165) is 10.4 Å². The van der Waals surface area contributed by atoms with Gasteiger partial charge in [-0.3, -0.25) is 4.79 Å². The summed E-state index contributed by atoms with van der Waals surface area (Å²) in [5, 5.41) is 2.68. The Kier molecular flexibility index (Phi) is 4.24. The maximum atomic E-state index is 11.9. The average Bonchev–Trinajstić information content (AvgIpc) is 2.83. The van der Waals surface area contributed by atoms with Crippen LogP contribution in [0.1, 0.15) is 20.1 Å². The van der Waals surface area contributed by atoms with Crippen molar-refractivity contribution in [2.24, 2.45) is 0 Å². The van der Waals surface area contributed by atoms with Crippen molar-refractivity contribution in [2.45, 2.75) is 17.8 Å². The van der Waals surface area contributed by atoms with Crippen LogP contribution in [-0.4, -0.2) is 41.4 Å². The Labute approximate surface area is 115 Å². The minimum Gasteiger partial charge on any atom is -0.354 e. The van der Waals surface area contributed by atoms with Crippen LogP contribution in [0.25, 0.3) is 0 Å². The van der Waals surface area contributed by atoms with E-state index in [1.165, 1.54) is 25.6 Å². The fourth-order valence-corrected chi connectivity index (χ4v) is 5.01. The molecule has 1 aliphatic heterocycles. The van der Waals surface area contributed by atoms with E-state index in [4.69, 9.17) is 9.47 Å². The number of fused-ring (bicyclic) bond motifs is 1. The van der Waals surface area contributed by atoms with Gasteiger partial charge in [-0.05, 0) is 11.6 Å². The summed E-state index contributed by atoms with van der Waals surface area (Å²) in [5.41, 5.74) is 0.741. The van der Waals surface area contributed by atoms with Gasteiger partial charge < -0.3 is 14.8 Å². The third kappa shape index (κ3) is 3.33. The Morgan fingerprint density at radius 3 is 2.68 bits per heavy atom. The zero-order valence-corrected chi connectivity index (χ0v) is 12.3. The Balaban J connectivity index is 1.99. The number of hydrogen-bond acceptors (Lipinski definition) is 6. The lowest BCUT2D eigenvalue weighted by Gasteiger charge is -2.13. The average molecular weight is 305 g/mol. The number of sulfone groups is 1. The normalized spacial score (nSPS) is 16.6. The molecule has 0 radical (unpaired) electrons. The molecule has 0 fully saturated rings. The molecule has 1 N–H and O–H groups in total. The number of hydrogen-bond donors (Lipinski definition) is 1. The largest absolute Gasteiger partial charge is 0.354 e. The number of rotatable bonds is 5. The van der Waals surface area contributed by atoms with Crippen LogP contribution in [0.3, 0.4) is 0 Å². The summed E-state index contributed by atoms with van der Waals surface area (Å²) >= 11 is 1.23. The molecule has 6 nitrogen and oxygen atoms in total. The van der Waals surface area contributed by atoms with E-state index in [-0.39, 0.29) is 24.0 Å². The van der Waals surface area contributed by atoms with Gasteiger partial charge in [0.05, 0.1) is 22.9 Å². The summed E-state index contributed by atoms with van der Waals surface area (Å²) in [4.78, 5) is 13.2. The standard InChI is InChI=1S/C11H15NO5S2/c1-16-10(17-2)4-12-11(13)8-3-7-5-19(14,15)6-9(7)18-8/h3,10H,4-6H2,1-2H3,(H,12,13). The molecule has 0 saturated carbocycles. The molecule has 0 spiro atoms. The number of nitrogens with one attached hydrogen (secondary N) is 1. The highest BCUT2D eigenvalue weighted by atomic mass is 32.2. The van der Waals surface area contributed by atoms with Crippen LogP contribution >= 0.6 is 11.3 Å². The molecule has 8 heteroatoms. The maximum absolute atomic E-state index is 11.9. The van der Waals surface area contributed by atoms with Gasteiger partial charge in [0.1, 0.15) is 0 Å². The molecule has 1 amide bonds. The van der Waals surface area contributed by atoms with Crippen molar-refractivity contribution < 1.29 is 22.7 Å². The van der Waals surface area contributed by atoms with Crippen LogP contribution in [-0.2, 0) is 30.8 Å². The van der Waals surface area contributed by atoms with Crippen molar-refractivity contribution in [2.75, 3.05) is 20.8 Å². The van der Waals surface area contributed by atoms with E-state index in [2.05, 4.69) is 5.32 Å². The molecule has 0 unspecified atom stereocenters. The number of carbonyl (C=O) groups is 1. The van der Waals surface area contributed by atoms with Crippen LogP contribution in [0, 0.1) is 0 Å². The van der Waals surface area contributed by atoms with Crippen LogP contribution in [0.2, 0.25) is 0 Å². The minimum atomic E-state index is -3.00. The van der Waals surface area contributed by atoms with E-state index >= 15 is 0 Å². The van der Waals surface area contributed by atoms with E-state index in [1.54, 1.807) is 6.07 Å². The van der Waals surface area contributed by atoms with Crippen LogP contribution < -0.4 is 5.32 Å². The molecule has 0 aliphatic carbocycles. The smallest absolute Gasteiger partial charge is 0.261 e. The van der Waals surface area contributed by atoms with Gasteiger partial charge in [-0.15, -0.1) is 11.3 Å². The number of methoxy groups -OCH3 is 2. The van der Waals surface area contributed by atoms with Crippen LogP contribution in [0.15, 0.2) is 6.07 Å². The monoisotopic (exact) mass is 305 g/mol. The van der Waals surface area contributed by atoms with Crippen molar-refractivity contribution in [3.8, 4) is 0 Å². The number of carbonyl (C=O) groups excluding carboxylic acids is 1. The Morgan fingerprint density at radius 2 is 2.11 bits per heavy atom. The molecule has 0 bridgehead atoms. The van der Waals surface area contributed by atoms with Gasteiger partial charge in [0.25, 0.3) is 5.91 Å². The quantitative estimate of drug-likeness (QED) is 0.802. The maximum Gasteiger partial charge on any atom is 0.261 e. The van der Waals surface area contributed by atoms with Gasteiger partial charge in [-0.1, -0.05) is 0 Å². The third-order valence-corrected chi connectivity index (χ3v) is 5.64. The van der Waals surface area contributed by atoms with E-state index in [0.29, 0.717) is 4.88 Å².